The first-order valence-corrected chi connectivity index (χ1v) is 11.0. The smallest absolute Gasteiger partial charge is 0.218 e. The van der Waals surface area contributed by atoms with Crippen LogP contribution in [-0.4, -0.2) is 50.6 Å². The predicted molar refractivity (Wildman–Crippen MR) is 109 cm³/mol. The van der Waals surface area contributed by atoms with Crippen LogP contribution in [0.3, 0.4) is 0 Å². The summed E-state index contributed by atoms with van der Waals surface area (Å²) in [6.45, 7) is 3.89. The molecule has 0 aromatic heterocycles. The van der Waals surface area contributed by atoms with Crippen molar-refractivity contribution in [3.8, 4) is 0 Å². The number of sulfonamides is 1. The molecule has 5 nitrogen and oxygen atoms in total. The third kappa shape index (κ3) is 5.09. The van der Waals surface area contributed by atoms with E-state index in [-0.39, 0.29) is 11.9 Å². The van der Waals surface area contributed by atoms with Crippen molar-refractivity contribution >= 4 is 15.7 Å². The summed E-state index contributed by atoms with van der Waals surface area (Å²) in [6.07, 6.45) is 1.14. The van der Waals surface area contributed by atoms with Gasteiger partial charge in [0.2, 0.25) is 10.0 Å². The number of benzene rings is 2. The average Bonchev–Trinajstić information content (AvgIpc) is 3.08. The summed E-state index contributed by atoms with van der Waals surface area (Å²) in [5.41, 5.74) is 4.13. The molecule has 0 spiro atoms. The number of nitrogens with zero attached hydrogens (tertiary/aromatic N) is 2. The van der Waals surface area contributed by atoms with Crippen LogP contribution in [0.2, 0.25) is 0 Å². The molecule has 0 bridgehead atoms. The van der Waals surface area contributed by atoms with Crippen LogP contribution in [0.5, 0.6) is 0 Å². The number of aryl methyl sites for hydroxylation is 1. The monoisotopic (exact) mass is 388 g/mol. The highest BCUT2D eigenvalue weighted by Crippen LogP contribution is 2.25. The van der Waals surface area contributed by atoms with E-state index in [2.05, 4.69) is 4.90 Å². The van der Waals surface area contributed by atoms with E-state index in [0.29, 0.717) is 19.5 Å². The Hall–Kier alpha value is -1.89. The maximum absolute atomic E-state index is 12.7. The molecule has 1 atom stereocenters. The number of hydrogen-bond acceptors (Lipinski definition) is 4. The van der Waals surface area contributed by atoms with Gasteiger partial charge in [0, 0.05) is 32.4 Å². The lowest BCUT2D eigenvalue weighted by Crippen LogP contribution is -2.30. The Morgan fingerprint density at radius 2 is 1.85 bits per heavy atom. The average molecular weight is 389 g/mol. The first-order valence-electron chi connectivity index (χ1n) is 9.35. The van der Waals surface area contributed by atoms with E-state index in [1.165, 1.54) is 4.31 Å². The zero-order valence-corrected chi connectivity index (χ0v) is 16.8. The van der Waals surface area contributed by atoms with Crippen molar-refractivity contribution in [3.63, 3.8) is 0 Å². The van der Waals surface area contributed by atoms with E-state index in [1.807, 2.05) is 55.5 Å². The van der Waals surface area contributed by atoms with E-state index in [9.17, 15) is 13.5 Å². The highest BCUT2D eigenvalue weighted by molar-refractivity contribution is 7.88. The maximum atomic E-state index is 12.7. The number of β-amino-alcohol motifs (C(OH)–C–C–N with tert-alkyl or cyclic N) is 1. The van der Waals surface area contributed by atoms with Crippen LogP contribution < -0.4 is 4.90 Å². The molecule has 6 heteroatoms. The lowest BCUT2D eigenvalue weighted by atomic mass is 10.1. The first kappa shape index (κ1) is 19.9. The van der Waals surface area contributed by atoms with E-state index < -0.39 is 10.0 Å². The van der Waals surface area contributed by atoms with Gasteiger partial charge < -0.3 is 10.0 Å². The quantitative estimate of drug-likeness (QED) is 0.792. The van der Waals surface area contributed by atoms with Gasteiger partial charge in [0.25, 0.3) is 0 Å². The van der Waals surface area contributed by atoms with Crippen LogP contribution in [0.4, 0.5) is 5.69 Å². The molecule has 1 N–H and O–H groups in total. The van der Waals surface area contributed by atoms with E-state index >= 15 is 0 Å². The van der Waals surface area contributed by atoms with Crippen LogP contribution in [0.15, 0.2) is 48.5 Å². The molecule has 146 valence electrons. The summed E-state index contributed by atoms with van der Waals surface area (Å²) < 4.78 is 26.8. The van der Waals surface area contributed by atoms with Gasteiger partial charge in [-0.3, -0.25) is 0 Å². The number of para-hydroxylation sites is 1. The van der Waals surface area contributed by atoms with Gasteiger partial charge in [-0.2, -0.15) is 0 Å². The number of hydrogen-bond donors (Lipinski definition) is 1. The molecule has 1 saturated heterocycles. The molecular weight excluding hydrogens is 360 g/mol. The minimum Gasteiger partial charge on any atom is -0.391 e. The molecule has 1 heterocycles. The van der Waals surface area contributed by atoms with Crippen molar-refractivity contribution in [3.05, 3.63) is 65.2 Å². The summed E-state index contributed by atoms with van der Waals surface area (Å²) in [4.78, 5) is 2.18. The fourth-order valence-electron chi connectivity index (χ4n) is 3.41. The van der Waals surface area contributed by atoms with Crippen LogP contribution in [0, 0.1) is 6.92 Å². The molecule has 1 unspecified atom stereocenters. The van der Waals surface area contributed by atoms with Gasteiger partial charge in [-0.15, -0.1) is 0 Å². The van der Waals surface area contributed by atoms with Crippen LogP contribution in [-0.2, 0) is 22.2 Å². The zero-order chi connectivity index (χ0) is 19.4. The van der Waals surface area contributed by atoms with Gasteiger partial charge in [-0.05, 0) is 37.0 Å². The van der Waals surface area contributed by atoms with Crippen LogP contribution in [0.25, 0.3) is 0 Å². The molecule has 3 rings (SSSR count). The van der Waals surface area contributed by atoms with Crippen molar-refractivity contribution in [1.29, 1.82) is 0 Å². The number of rotatable bonds is 7. The molecule has 2 aromatic carbocycles. The fraction of sp³-hybridized carbons (Fsp3) is 0.429. The second-order valence-electron chi connectivity index (χ2n) is 7.33. The number of aliphatic hydroxyl groups is 1. The Morgan fingerprint density at radius 1 is 1.15 bits per heavy atom. The number of likely N-dealkylation sites (N-methyl/N-ethyl adjacent to an activating group) is 1. The van der Waals surface area contributed by atoms with E-state index in [4.69, 9.17) is 0 Å². The van der Waals surface area contributed by atoms with E-state index in [1.54, 1.807) is 7.05 Å². The Bertz CT molecular complexity index is 865. The van der Waals surface area contributed by atoms with Gasteiger partial charge in [-0.1, -0.05) is 48.0 Å². The number of aliphatic hydroxyl groups excluding tert-OH is 1. The Balaban J connectivity index is 1.65. The second-order valence-corrected chi connectivity index (χ2v) is 9.41. The van der Waals surface area contributed by atoms with Gasteiger partial charge in [0.1, 0.15) is 0 Å². The Morgan fingerprint density at radius 3 is 2.52 bits per heavy atom. The molecule has 0 saturated carbocycles. The van der Waals surface area contributed by atoms with Gasteiger partial charge in [0.05, 0.1) is 11.9 Å². The summed E-state index contributed by atoms with van der Waals surface area (Å²) >= 11 is 0. The predicted octanol–water partition coefficient (Wildman–Crippen LogP) is 2.57. The van der Waals surface area contributed by atoms with Crippen LogP contribution in [0.1, 0.15) is 23.1 Å². The largest absolute Gasteiger partial charge is 0.391 e. The third-order valence-corrected chi connectivity index (χ3v) is 6.97. The molecule has 27 heavy (non-hydrogen) atoms. The second kappa shape index (κ2) is 8.42. The normalized spacial score (nSPS) is 17.6. The van der Waals surface area contributed by atoms with Crippen molar-refractivity contribution in [2.24, 2.45) is 0 Å². The van der Waals surface area contributed by atoms with Crippen molar-refractivity contribution in [1.82, 2.24) is 4.31 Å². The molecule has 2 aromatic rings. The molecule has 1 fully saturated rings. The lowest BCUT2D eigenvalue weighted by Gasteiger charge is -2.23. The first-order chi connectivity index (χ1) is 12.8. The van der Waals surface area contributed by atoms with Gasteiger partial charge >= 0.3 is 0 Å². The standard InChI is InChI=1S/C21H28N2O3S/c1-17-7-9-18(10-8-17)16-27(25,26)22(2)13-11-19-5-3-4-6-21(19)23-14-12-20(24)15-23/h3-10,20,24H,11-16H2,1-2H3. The molecule has 0 radical (unpaired) electrons. The molecule has 1 aliphatic heterocycles. The Labute approximate surface area is 162 Å². The maximum Gasteiger partial charge on any atom is 0.218 e. The van der Waals surface area contributed by atoms with Crippen molar-refractivity contribution in [2.75, 3.05) is 31.6 Å². The summed E-state index contributed by atoms with van der Waals surface area (Å²) in [6, 6.07) is 15.7. The molecule has 0 aliphatic carbocycles. The summed E-state index contributed by atoms with van der Waals surface area (Å²) in [7, 11) is -1.71. The topological polar surface area (TPSA) is 60.9 Å². The van der Waals surface area contributed by atoms with E-state index in [0.717, 1.165) is 35.3 Å². The molecule has 1 aliphatic rings. The Kier molecular flexibility index (Phi) is 6.19. The highest BCUT2D eigenvalue weighted by atomic mass is 32.2. The molecular formula is C21H28N2O3S. The minimum atomic E-state index is -3.36. The summed E-state index contributed by atoms with van der Waals surface area (Å²) in [5.74, 6) is 0.0176. The highest BCUT2D eigenvalue weighted by Gasteiger charge is 2.23. The third-order valence-electron chi connectivity index (χ3n) is 5.14. The van der Waals surface area contributed by atoms with Gasteiger partial charge in [-0.25, -0.2) is 12.7 Å². The van der Waals surface area contributed by atoms with Crippen molar-refractivity contribution < 1.29 is 13.5 Å². The molecule has 0 amide bonds. The van der Waals surface area contributed by atoms with Crippen molar-refractivity contribution in [2.45, 2.75) is 31.6 Å². The van der Waals surface area contributed by atoms with Crippen LogP contribution >= 0.6 is 0 Å². The minimum absolute atomic E-state index is 0.0176. The number of anilines is 1. The van der Waals surface area contributed by atoms with Gasteiger partial charge in [0.15, 0.2) is 0 Å². The zero-order valence-electron chi connectivity index (χ0n) is 16.0. The fourth-order valence-corrected chi connectivity index (χ4v) is 4.62. The SMILES string of the molecule is Cc1ccc(CS(=O)(=O)N(C)CCc2ccccc2N2CCC(O)C2)cc1. The lowest BCUT2D eigenvalue weighted by molar-refractivity contribution is 0.198. The summed E-state index contributed by atoms with van der Waals surface area (Å²) in [5, 5.41) is 9.80.